The third-order valence-corrected chi connectivity index (χ3v) is 5.20. The number of likely N-dealkylation sites (tertiary alicyclic amines) is 1. The third-order valence-electron chi connectivity index (χ3n) is 4.52. The van der Waals surface area contributed by atoms with Gasteiger partial charge in [0.2, 0.25) is 0 Å². The summed E-state index contributed by atoms with van der Waals surface area (Å²) in [6.45, 7) is 0.597. The first-order valence-electron chi connectivity index (χ1n) is 8.28. The number of rotatable bonds is 3. The lowest BCUT2D eigenvalue weighted by atomic mass is 10.2. The molecule has 27 heavy (non-hydrogen) atoms. The molecular weight excluding hydrogens is 469 g/mol. The van der Waals surface area contributed by atoms with Gasteiger partial charge in [-0.2, -0.15) is 0 Å². The van der Waals surface area contributed by atoms with Crippen molar-refractivity contribution >= 4 is 50.8 Å². The van der Waals surface area contributed by atoms with E-state index in [0.29, 0.717) is 18.4 Å². The van der Waals surface area contributed by atoms with E-state index in [0.717, 1.165) is 9.77 Å². The van der Waals surface area contributed by atoms with Gasteiger partial charge in [0.1, 0.15) is 11.5 Å². The van der Waals surface area contributed by atoms with E-state index in [1.54, 1.807) is 12.1 Å². The first kappa shape index (κ1) is 18.1. The van der Waals surface area contributed by atoms with Crippen molar-refractivity contribution in [3.8, 4) is 0 Å². The standard InChI is InChI=1S/C18H15F2IN4O2/c19-12-5-9(21)1-2-14(12)23-16-11-6-22-7-13(20)15(11)24-17(16)18(27)25-4-3-10(26)8-25/h1-2,5-7,10,23-24,26H,3-4,8H2. The fourth-order valence-corrected chi connectivity index (χ4v) is 3.63. The molecule has 1 saturated heterocycles. The van der Waals surface area contributed by atoms with E-state index in [1.165, 1.54) is 17.2 Å². The number of H-pyrrole nitrogens is 1. The number of halogens is 3. The fraction of sp³-hybridized carbons (Fsp3) is 0.222. The highest BCUT2D eigenvalue weighted by atomic mass is 127. The zero-order chi connectivity index (χ0) is 19.1. The second kappa shape index (κ2) is 7.04. The number of aromatic amines is 1. The second-order valence-corrected chi connectivity index (χ2v) is 7.61. The van der Waals surface area contributed by atoms with Crippen molar-refractivity contribution in [2.24, 2.45) is 0 Å². The SMILES string of the molecule is O=C(c1[nH]c2c(F)cncc2c1Nc1ccc(I)cc1F)N1CCC(O)C1. The lowest BCUT2D eigenvalue weighted by Gasteiger charge is -2.16. The number of aromatic nitrogens is 2. The minimum absolute atomic E-state index is 0.101. The van der Waals surface area contributed by atoms with Gasteiger partial charge < -0.3 is 20.3 Å². The molecule has 1 amide bonds. The van der Waals surface area contributed by atoms with Gasteiger partial charge in [0.05, 0.1) is 29.2 Å². The molecule has 3 heterocycles. The highest BCUT2D eigenvalue weighted by Crippen LogP contribution is 2.33. The minimum atomic E-state index is -0.612. The van der Waals surface area contributed by atoms with Crippen LogP contribution >= 0.6 is 22.6 Å². The summed E-state index contributed by atoms with van der Waals surface area (Å²) in [5.41, 5.74) is 0.630. The van der Waals surface area contributed by atoms with Crippen LogP contribution < -0.4 is 5.32 Å². The van der Waals surface area contributed by atoms with Crippen LogP contribution in [0, 0.1) is 15.2 Å². The molecule has 1 atom stereocenters. The number of aliphatic hydroxyl groups is 1. The Morgan fingerprint density at radius 3 is 2.85 bits per heavy atom. The van der Waals surface area contributed by atoms with E-state index < -0.39 is 23.6 Å². The van der Waals surface area contributed by atoms with E-state index in [2.05, 4.69) is 15.3 Å². The Labute approximate surface area is 166 Å². The van der Waals surface area contributed by atoms with Crippen LogP contribution in [0.15, 0.2) is 30.6 Å². The molecule has 1 aromatic carbocycles. The molecule has 3 aromatic rings. The summed E-state index contributed by atoms with van der Waals surface area (Å²) in [5, 5.41) is 13.0. The van der Waals surface area contributed by atoms with Gasteiger partial charge in [0.25, 0.3) is 5.91 Å². The van der Waals surface area contributed by atoms with Crippen LogP contribution in [0.1, 0.15) is 16.9 Å². The maximum atomic E-state index is 14.3. The van der Waals surface area contributed by atoms with Crippen LogP contribution in [-0.4, -0.2) is 45.1 Å². The summed E-state index contributed by atoms with van der Waals surface area (Å²) in [6.07, 6.45) is 2.36. The maximum absolute atomic E-state index is 14.3. The number of amides is 1. The minimum Gasteiger partial charge on any atom is -0.391 e. The predicted octanol–water partition coefficient (Wildman–Crippen LogP) is 3.40. The Morgan fingerprint density at radius 1 is 1.33 bits per heavy atom. The number of nitrogens with one attached hydrogen (secondary N) is 2. The second-order valence-electron chi connectivity index (χ2n) is 6.36. The topological polar surface area (TPSA) is 81.2 Å². The summed E-state index contributed by atoms with van der Waals surface area (Å²) >= 11 is 2.00. The smallest absolute Gasteiger partial charge is 0.272 e. The molecule has 1 aliphatic heterocycles. The molecule has 3 N–H and O–H groups in total. The summed E-state index contributed by atoms with van der Waals surface area (Å²) in [4.78, 5) is 21.1. The van der Waals surface area contributed by atoms with Gasteiger partial charge >= 0.3 is 0 Å². The van der Waals surface area contributed by atoms with E-state index in [-0.39, 0.29) is 29.1 Å². The molecule has 0 aliphatic carbocycles. The third kappa shape index (κ3) is 3.36. The van der Waals surface area contributed by atoms with Gasteiger partial charge in [0, 0.05) is 28.2 Å². The van der Waals surface area contributed by atoms with Crippen LogP contribution in [0.25, 0.3) is 10.9 Å². The summed E-state index contributed by atoms with van der Waals surface area (Å²) in [5.74, 6) is -1.50. The van der Waals surface area contributed by atoms with Gasteiger partial charge in [-0.05, 0) is 47.2 Å². The van der Waals surface area contributed by atoms with Crippen molar-refractivity contribution in [1.29, 1.82) is 0 Å². The van der Waals surface area contributed by atoms with Crippen LogP contribution in [0.2, 0.25) is 0 Å². The Bertz CT molecular complexity index is 1040. The largest absolute Gasteiger partial charge is 0.391 e. The molecule has 1 fully saturated rings. The average molecular weight is 484 g/mol. The van der Waals surface area contributed by atoms with E-state index in [9.17, 15) is 18.7 Å². The number of carbonyl (C=O) groups excluding carboxylic acids is 1. The van der Waals surface area contributed by atoms with Crippen LogP contribution in [0.4, 0.5) is 20.2 Å². The van der Waals surface area contributed by atoms with Crippen molar-refractivity contribution in [3.05, 3.63) is 51.5 Å². The zero-order valence-electron chi connectivity index (χ0n) is 14.0. The van der Waals surface area contributed by atoms with Crippen molar-refractivity contribution in [3.63, 3.8) is 0 Å². The zero-order valence-corrected chi connectivity index (χ0v) is 16.1. The Balaban J connectivity index is 1.82. The fourth-order valence-electron chi connectivity index (χ4n) is 3.17. The molecule has 4 rings (SSSR count). The van der Waals surface area contributed by atoms with Crippen molar-refractivity contribution in [2.75, 3.05) is 18.4 Å². The number of anilines is 2. The molecule has 0 saturated carbocycles. The highest BCUT2D eigenvalue weighted by Gasteiger charge is 2.29. The number of carbonyl (C=O) groups is 1. The van der Waals surface area contributed by atoms with Crippen LogP contribution in [-0.2, 0) is 0 Å². The molecule has 9 heteroatoms. The summed E-state index contributed by atoms with van der Waals surface area (Å²) < 4.78 is 29.2. The van der Waals surface area contributed by atoms with Gasteiger partial charge in [-0.25, -0.2) is 8.78 Å². The molecule has 1 unspecified atom stereocenters. The maximum Gasteiger partial charge on any atom is 0.272 e. The Hall–Kier alpha value is -2.27. The van der Waals surface area contributed by atoms with E-state index in [1.807, 2.05) is 22.6 Å². The number of pyridine rings is 1. The van der Waals surface area contributed by atoms with Crippen molar-refractivity contribution in [1.82, 2.24) is 14.9 Å². The normalized spacial score (nSPS) is 16.9. The molecule has 2 aromatic heterocycles. The number of aliphatic hydroxyl groups excluding tert-OH is 1. The number of hydrogen-bond acceptors (Lipinski definition) is 4. The molecule has 6 nitrogen and oxygen atoms in total. The lowest BCUT2D eigenvalue weighted by Crippen LogP contribution is -2.30. The predicted molar refractivity (Wildman–Crippen MR) is 105 cm³/mol. The molecule has 140 valence electrons. The van der Waals surface area contributed by atoms with Crippen LogP contribution in [0.5, 0.6) is 0 Å². The van der Waals surface area contributed by atoms with Gasteiger partial charge in [0.15, 0.2) is 5.82 Å². The van der Waals surface area contributed by atoms with Gasteiger partial charge in [-0.1, -0.05) is 0 Å². The first-order valence-corrected chi connectivity index (χ1v) is 9.36. The summed E-state index contributed by atoms with van der Waals surface area (Å²) in [6, 6.07) is 4.63. The monoisotopic (exact) mass is 484 g/mol. The number of nitrogens with zero attached hydrogens (tertiary/aromatic N) is 2. The molecule has 0 spiro atoms. The van der Waals surface area contributed by atoms with Gasteiger partial charge in [-0.15, -0.1) is 0 Å². The van der Waals surface area contributed by atoms with Gasteiger partial charge in [-0.3, -0.25) is 9.78 Å². The number of benzene rings is 1. The number of hydrogen-bond donors (Lipinski definition) is 3. The highest BCUT2D eigenvalue weighted by molar-refractivity contribution is 14.1. The van der Waals surface area contributed by atoms with E-state index in [4.69, 9.17) is 0 Å². The molecule has 0 bridgehead atoms. The first-order chi connectivity index (χ1) is 12.9. The van der Waals surface area contributed by atoms with Crippen molar-refractivity contribution < 1.29 is 18.7 Å². The number of β-amino-alcohol motifs (C(OH)–C–C–N with tert-alkyl or cyclic N) is 1. The Kier molecular flexibility index (Phi) is 4.72. The van der Waals surface area contributed by atoms with E-state index >= 15 is 0 Å². The molecule has 1 aliphatic rings. The lowest BCUT2D eigenvalue weighted by molar-refractivity contribution is 0.0761. The van der Waals surface area contributed by atoms with Crippen LogP contribution in [0.3, 0.4) is 0 Å². The average Bonchev–Trinajstić information content (AvgIpc) is 3.22. The molecular formula is C18H15F2IN4O2. The Morgan fingerprint density at radius 2 is 2.15 bits per heavy atom. The molecule has 0 radical (unpaired) electrons. The quantitative estimate of drug-likeness (QED) is 0.498. The van der Waals surface area contributed by atoms with Crippen molar-refractivity contribution in [2.45, 2.75) is 12.5 Å². The summed E-state index contributed by atoms with van der Waals surface area (Å²) in [7, 11) is 0. The number of fused-ring (bicyclic) bond motifs is 1.